The number of nitrogens with one attached hydrogen (secondary N) is 1. The minimum atomic E-state index is -4.68. The number of terminal acetylenes is 1. The van der Waals surface area contributed by atoms with Gasteiger partial charge in [-0.25, -0.2) is 18.3 Å². The van der Waals surface area contributed by atoms with E-state index in [1.54, 1.807) is 18.2 Å². The Morgan fingerprint density at radius 1 is 1.02 bits per heavy atom. The highest BCUT2D eigenvalue weighted by molar-refractivity contribution is 7.52. The van der Waals surface area contributed by atoms with Crippen LogP contribution < -0.4 is 15.3 Å². The molecule has 1 aliphatic heterocycles. The lowest BCUT2D eigenvalue weighted by atomic mass is 9.99. The van der Waals surface area contributed by atoms with Crippen molar-refractivity contribution in [2.45, 2.75) is 127 Å². The molecule has 5 atom stereocenters. The highest BCUT2D eigenvalue weighted by Crippen LogP contribution is 2.48. The number of nitrogens with zero attached hydrogens (tertiary/aromatic N) is 4. The molecular formula is C42H54F3N6O7P. The quantitative estimate of drug-likeness (QED) is 0.0191. The van der Waals surface area contributed by atoms with Crippen LogP contribution in [0.25, 0.3) is 11.2 Å². The fourth-order valence-corrected chi connectivity index (χ4v) is 8.49. The number of rotatable bonds is 25. The van der Waals surface area contributed by atoms with E-state index < -0.39 is 62.0 Å². The minimum Gasteiger partial charge on any atom is -0.465 e. The minimum absolute atomic E-state index is 0.0189. The highest BCUT2D eigenvalue weighted by Gasteiger charge is 2.50. The lowest BCUT2D eigenvalue weighted by Crippen LogP contribution is -2.44. The third kappa shape index (κ3) is 13.2. The first kappa shape index (κ1) is 45.6. The average Bonchev–Trinajstić information content (AvgIpc) is 3.77. The molecule has 17 heteroatoms. The van der Waals surface area contributed by atoms with E-state index in [1.807, 2.05) is 0 Å². The van der Waals surface area contributed by atoms with Gasteiger partial charge in [0.15, 0.2) is 22.6 Å². The van der Waals surface area contributed by atoms with Gasteiger partial charge in [0.25, 0.3) is 0 Å². The van der Waals surface area contributed by atoms with E-state index in [-0.39, 0.29) is 47.7 Å². The van der Waals surface area contributed by atoms with Crippen LogP contribution in [-0.4, -0.2) is 61.6 Å². The summed E-state index contributed by atoms with van der Waals surface area (Å²) in [6.45, 7) is 1.53. The normalized spacial score (nSPS) is 19.3. The summed E-state index contributed by atoms with van der Waals surface area (Å²) in [7, 11) is -4.68. The standard InChI is InChI=1S/C42H54F3N6O7P/c1-3-5-6-7-8-9-10-11-12-13-14-15-19-22-55-40(53)34(25-30-23-31(43)26-32(44)24-30)50-59(54,58-33-20-17-16-18-21-33)56-28-42(4-2)35(52)27-36(57-42)51-29-47-37-38(46)48-41(45)49-39(37)51/h2,16-18,20-21,23-24,26,29,34-36,52H,3,5-15,19,22,25,27-28H2,1H3,(H,50,54)(H2,46,48,49)/t34-,35-,36+,42+,59?/m0/s1. The number of para-hydroxylation sites is 1. The number of halogens is 3. The van der Waals surface area contributed by atoms with Crippen LogP contribution in [-0.2, 0) is 29.8 Å². The second kappa shape index (κ2) is 22.2. The van der Waals surface area contributed by atoms with Crippen LogP contribution in [0.3, 0.4) is 0 Å². The predicted molar refractivity (Wildman–Crippen MR) is 216 cm³/mol. The zero-order valence-corrected chi connectivity index (χ0v) is 34.3. The number of aromatic nitrogens is 4. The monoisotopic (exact) mass is 842 g/mol. The molecule has 1 saturated heterocycles. The molecule has 1 fully saturated rings. The van der Waals surface area contributed by atoms with Gasteiger partial charge < -0.3 is 24.8 Å². The summed E-state index contributed by atoms with van der Waals surface area (Å²) in [5, 5.41) is 13.9. The summed E-state index contributed by atoms with van der Waals surface area (Å²) in [5.41, 5.74) is 3.99. The molecule has 13 nitrogen and oxygen atoms in total. The van der Waals surface area contributed by atoms with E-state index in [1.165, 1.54) is 74.4 Å². The molecule has 0 aliphatic carbocycles. The summed E-state index contributed by atoms with van der Waals surface area (Å²) < 4.78 is 82.1. The first-order valence-electron chi connectivity index (χ1n) is 20.3. The predicted octanol–water partition coefficient (Wildman–Crippen LogP) is 8.52. The number of aliphatic hydroxyl groups excluding tert-OH is 1. The van der Waals surface area contributed by atoms with Gasteiger partial charge in [-0.1, -0.05) is 108 Å². The van der Waals surface area contributed by atoms with Crippen molar-refractivity contribution in [1.29, 1.82) is 0 Å². The van der Waals surface area contributed by atoms with Crippen molar-refractivity contribution >= 4 is 30.7 Å². The SMILES string of the molecule is C#C[C@]1(COP(=O)(N[C@@H](Cc2cc(F)cc(F)c2)C(=O)OCCCCCCCCCCCCCCC)Oc2ccccc2)O[C@@H](n2cnc3c(N)nc(F)nc32)C[C@@H]1O. The Labute approximate surface area is 343 Å². The molecule has 0 saturated carbocycles. The van der Waals surface area contributed by atoms with E-state index in [2.05, 4.69) is 32.9 Å². The van der Waals surface area contributed by atoms with Crippen molar-refractivity contribution in [1.82, 2.24) is 24.6 Å². The maximum atomic E-state index is 14.7. The number of aliphatic hydroxyl groups is 1. The molecule has 1 aliphatic rings. The molecule has 0 radical (unpaired) electrons. The summed E-state index contributed by atoms with van der Waals surface area (Å²) in [4.78, 5) is 25.0. The van der Waals surface area contributed by atoms with Gasteiger partial charge in [-0.05, 0) is 42.7 Å². The number of carbonyl (C=O) groups is 1. The van der Waals surface area contributed by atoms with Crippen molar-refractivity contribution in [3.05, 3.63) is 78.1 Å². The Kier molecular flexibility index (Phi) is 17.1. The number of nitrogens with two attached hydrogens (primary N) is 1. The number of imidazole rings is 1. The maximum absolute atomic E-state index is 14.7. The van der Waals surface area contributed by atoms with E-state index in [9.17, 15) is 27.6 Å². The number of ether oxygens (including phenoxy) is 2. The molecule has 2 aromatic heterocycles. The Bertz CT molecular complexity index is 2030. The van der Waals surface area contributed by atoms with Crippen molar-refractivity contribution in [2.75, 3.05) is 18.9 Å². The molecule has 4 N–H and O–H groups in total. The number of benzene rings is 2. The summed E-state index contributed by atoms with van der Waals surface area (Å²) in [6, 6.07) is 9.19. The highest BCUT2D eigenvalue weighted by atomic mass is 31.2. The lowest BCUT2D eigenvalue weighted by molar-refractivity contribution is -0.146. The topological polar surface area (TPSA) is 173 Å². The summed E-state index contributed by atoms with van der Waals surface area (Å²) >= 11 is 0. The smallest absolute Gasteiger partial charge is 0.459 e. The summed E-state index contributed by atoms with van der Waals surface area (Å²) in [6.07, 6.45) is 17.9. The fraction of sp³-hybridized carbons (Fsp3) is 0.524. The number of fused-ring (bicyclic) bond motifs is 1. The van der Waals surface area contributed by atoms with Crippen molar-refractivity contribution in [3.8, 4) is 18.1 Å². The van der Waals surface area contributed by atoms with Gasteiger partial charge in [0, 0.05) is 12.5 Å². The number of nitrogen functional groups attached to an aromatic ring is 1. The molecule has 0 bridgehead atoms. The molecular weight excluding hydrogens is 788 g/mol. The summed E-state index contributed by atoms with van der Waals surface area (Å²) in [5.74, 6) is -0.366. The van der Waals surface area contributed by atoms with Crippen LogP contribution in [0.5, 0.6) is 5.75 Å². The lowest BCUT2D eigenvalue weighted by Gasteiger charge is -2.30. The third-order valence-corrected chi connectivity index (χ3v) is 11.7. The van der Waals surface area contributed by atoms with Crippen LogP contribution in [0.4, 0.5) is 19.0 Å². The van der Waals surface area contributed by atoms with Crippen molar-refractivity contribution in [3.63, 3.8) is 0 Å². The van der Waals surface area contributed by atoms with E-state index in [0.717, 1.165) is 37.8 Å². The number of anilines is 1. The Morgan fingerprint density at radius 2 is 1.64 bits per heavy atom. The molecule has 0 spiro atoms. The molecule has 320 valence electrons. The molecule has 59 heavy (non-hydrogen) atoms. The first-order chi connectivity index (χ1) is 28.4. The molecule has 5 rings (SSSR count). The number of unbranched alkanes of at least 4 members (excludes halogenated alkanes) is 12. The number of esters is 1. The van der Waals surface area contributed by atoms with Gasteiger partial charge in [0.2, 0.25) is 0 Å². The van der Waals surface area contributed by atoms with Gasteiger partial charge in [-0.3, -0.25) is 13.9 Å². The molecule has 2 aromatic carbocycles. The van der Waals surface area contributed by atoms with Crippen LogP contribution >= 0.6 is 7.75 Å². The molecule has 3 heterocycles. The van der Waals surface area contributed by atoms with Crippen LogP contribution in [0.1, 0.15) is 109 Å². The largest absolute Gasteiger partial charge is 0.465 e. The number of carbonyl (C=O) groups excluding carboxylic acids is 1. The van der Waals surface area contributed by atoms with Crippen LogP contribution in [0.15, 0.2) is 54.9 Å². The average molecular weight is 843 g/mol. The van der Waals surface area contributed by atoms with E-state index in [0.29, 0.717) is 12.5 Å². The van der Waals surface area contributed by atoms with E-state index in [4.69, 9.17) is 30.7 Å². The Morgan fingerprint density at radius 3 is 2.27 bits per heavy atom. The van der Waals surface area contributed by atoms with Gasteiger partial charge in [-0.15, -0.1) is 6.42 Å². The Balaban J connectivity index is 1.25. The van der Waals surface area contributed by atoms with Gasteiger partial charge in [0.05, 0.1) is 12.9 Å². The van der Waals surface area contributed by atoms with Crippen LogP contribution in [0, 0.1) is 30.1 Å². The fourth-order valence-electron chi connectivity index (χ4n) is 6.97. The molecule has 0 amide bonds. The third-order valence-electron chi connectivity index (χ3n) is 10.2. The second-order valence-electron chi connectivity index (χ2n) is 14.8. The second-order valence-corrected chi connectivity index (χ2v) is 16.5. The maximum Gasteiger partial charge on any atom is 0.459 e. The van der Waals surface area contributed by atoms with Gasteiger partial charge >= 0.3 is 19.8 Å². The van der Waals surface area contributed by atoms with Crippen molar-refractivity contribution in [2.24, 2.45) is 0 Å². The number of hydrogen-bond donors (Lipinski definition) is 3. The molecule has 1 unspecified atom stereocenters. The zero-order chi connectivity index (χ0) is 42.3. The van der Waals surface area contributed by atoms with Gasteiger partial charge in [0.1, 0.15) is 42.4 Å². The zero-order valence-electron chi connectivity index (χ0n) is 33.4. The number of hydrogen-bond acceptors (Lipinski definition) is 11. The first-order valence-corrected chi connectivity index (χ1v) is 21.9. The van der Waals surface area contributed by atoms with Gasteiger partial charge in [-0.2, -0.15) is 19.4 Å². The Hall–Kier alpha value is -4.52. The van der Waals surface area contributed by atoms with E-state index >= 15 is 0 Å². The molecule has 4 aromatic rings. The van der Waals surface area contributed by atoms with Crippen molar-refractivity contribution < 1.29 is 46.2 Å². The van der Waals surface area contributed by atoms with Crippen LogP contribution in [0.2, 0.25) is 0 Å².